The minimum absolute atomic E-state index is 0.109. The van der Waals surface area contributed by atoms with Crippen molar-refractivity contribution in [3.8, 4) is 11.5 Å². The maximum Gasteiger partial charge on any atom is 0.255 e. The second kappa shape index (κ2) is 5.52. The molecule has 20 heavy (non-hydrogen) atoms. The van der Waals surface area contributed by atoms with Gasteiger partial charge in [-0.25, -0.2) is 0 Å². The number of hydrogen-bond acceptors (Lipinski definition) is 5. The Balaban J connectivity index is 2.10. The van der Waals surface area contributed by atoms with Gasteiger partial charge in [-0.05, 0) is 18.2 Å². The summed E-state index contributed by atoms with van der Waals surface area (Å²) in [7, 11) is 3.21. The molecule has 0 saturated heterocycles. The third kappa shape index (κ3) is 2.66. The first kappa shape index (κ1) is 13.7. The van der Waals surface area contributed by atoms with Crippen molar-refractivity contribution in [1.29, 1.82) is 0 Å². The van der Waals surface area contributed by atoms with Crippen LogP contribution in [0, 0.1) is 0 Å². The molecule has 0 radical (unpaired) electrons. The molecule has 0 unspecified atom stereocenters. The smallest absolute Gasteiger partial charge is 0.255 e. The summed E-state index contributed by atoms with van der Waals surface area (Å²) in [5.74, 6) is 0.459. The standard InChI is InChI=1S/C13H16N4O3/c1-17-12(14)8(7-16-17)6-15-13(19)10-5-9(20-2)3-4-11(10)18/h3-5,7,18H,6,14H2,1-2H3,(H,15,19). The number of ether oxygens (including phenoxy) is 1. The van der Waals surface area contributed by atoms with Gasteiger partial charge in [0, 0.05) is 19.2 Å². The third-order valence-corrected chi connectivity index (χ3v) is 2.95. The second-order valence-corrected chi connectivity index (χ2v) is 4.24. The first-order valence-corrected chi connectivity index (χ1v) is 5.94. The van der Waals surface area contributed by atoms with E-state index in [0.29, 0.717) is 17.1 Å². The molecule has 4 N–H and O–H groups in total. The van der Waals surface area contributed by atoms with Gasteiger partial charge in [0.15, 0.2) is 0 Å². The molecule has 2 aromatic rings. The van der Waals surface area contributed by atoms with Crippen LogP contribution >= 0.6 is 0 Å². The van der Waals surface area contributed by atoms with E-state index in [9.17, 15) is 9.90 Å². The summed E-state index contributed by atoms with van der Waals surface area (Å²) in [6.45, 7) is 0.231. The number of aryl methyl sites for hydroxylation is 1. The van der Waals surface area contributed by atoms with E-state index in [1.54, 1.807) is 19.3 Å². The van der Waals surface area contributed by atoms with Gasteiger partial charge < -0.3 is 20.9 Å². The molecule has 0 fully saturated rings. The van der Waals surface area contributed by atoms with Crippen LogP contribution in [0.15, 0.2) is 24.4 Å². The van der Waals surface area contributed by atoms with Crippen LogP contribution in [-0.4, -0.2) is 27.9 Å². The molecule has 0 saturated carbocycles. The number of aromatic hydroxyl groups is 1. The number of benzene rings is 1. The molecular formula is C13H16N4O3. The SMILES string of the molecule is COc1ccc(O)c(C(=O)NCc2cnn(C)c2N)c1. The number of phenolic OH excluding ortho intramolecular Hbond substituents is 1. The molecule has 0 spiro atoms. The number of anilines is 1. The second-order valence-electron chi connectivity index (χ2n) is 4.24. The number of nitrogen functional groups attached to an aromatic ring is 1. The van der Waals surface area contributed by atoms with E-state index in [1.165, 1.54) is 23.9 Å². The van der Waals surface area contributed by atoms with Gasteiger partial charge in [0.2, 0.25) is 0 Å². The maximum absolute atomic E-state index is 12.0. The van der Waals surface area contributed by atoms with Crippen molar-refractivity contribution < 1.29 is 14.6 Å². The highest BCUT2D eigenvalue weighted by Gasteiger charge is 2.13. The molecular weight excluding hydrogens is 260 g/mol. The van der Waals surface area contributed by atoms with Crippen LogP contribution in [0.2, 0.25) is 0 Å². The molecule has 1 amide bonds. The van der Waals surface area contributed by atoms with E-state index < -0.39 is 5.91 Å². The summed E-state index contributed by atoms with van der Waals surface area (Å²) in [5.41, 5.74) is 6.64. The highest BCUT2D eigenvalue weighted by molar-refractivity contribution is 5.97. The average molecular weight is 276 g/mol. The Morgan fingerprint density at radius 1 is 1.55 bits per heavy atom. The average Bonchev–Trinajstić information content (AvgIpc) is 2.77. The van der Waals surface area contributed by atoms with E-state index in [-0.39, 0.29) is 17.9 Å². The van der Waals surface area contributed by atoms with Gasteiger partial charge in [0.25, 0.3) is 5.91 Å². The fraction of sp³-hybridized carbons (Fsp3) is 0.231. The highest BCUT2D eigenvalue weighted by atomic mass is 16.5. The number of nitrogens with one attached hydrogen (secondary N) is 1. The zero-order valence-corrected chi connectivity index (χ0v) is 11.3. The molecule has 7 nitrogen and oxygen atoms in total. The van der Waals surface area contributed by atoms with Crippen LogP contribution in [0.5, 0.6) is 11.5 Å². The topological polar surface area (TPSA) is 102 Å². The minimum atomic E-state index is -0.412. The summed E-state index contributed by atoms with van der Waals surface area (Å²) >= 11 is 0. The number of phenols is 1. The highest BCUT2D eigenvalue weighted by Crippen LogP contribution is 2.22. The van der Waals surface area contributed by atoms with Gasteiger partial charge in [-0.1, -0.05) is 0 Å². The zero-order chi connectivity index (χ0) is 14.7. The first-order valence-electron chi connectivity index (χ1n) is 5.94. The van der Waals surface area contributed by atoms with Crippen molar-refractivity contribution in [2.45, 2.75) is 6.54 Å². The quantitative estimate of drug-likeness (QED) is 0.760. The van der Waals surface area contributed by atoms with Gasteiger partial charge in [-0.15, -0.1) is 0 Å². The van der Waals surface area contributed by atoms with Crippen LogP contribution < -0.4 is 15.8 Å². The van der Waals surface area contributed by atoms with Crippen LogP contribution in [0.1, 0.15) is 15.9 Å². The Bertz CT molecular complexity index is 637. The number of methoxy groups -OCH3 is 1. The summed E-state index contributed by atoms with van der Waals surface area (Å²) in [6, 6.07) is 4.45. The van der Waals surface area contributed by atoms with E-state index in [0.717, 1.165) is 0 Å². The molecule has 106 valence electrons. The van der Waals surface area contributed by atoms with E-state index >= 15 is 0 Å². The summed E-state index contributed by atoms with van der Waals surface area (Å²) in [4.78, 5) is 12.0. The van der Waals surface area contributed by atoms with Crippen molar-refractivity contribution >= 4 is 11.7 Å². The Hall–Kier alpha value is -2.70. The number of rotatable bonds is 4. The number of nitrogens with two attached hydrogens (primary N) is 1. The Morgan fingerprint density at radius 2 is 2.30 bits per heavy atom. The number of hydrogen-bond donors (Lipinski definition) is 3. The fourth-order valence-electron chi connectivity index (χ4n) is 1.72. The molecule has 1 aromatic carbocycles. The number of carbonyl (C=O) groups is 1. The van der Waals surface area contributed by atoms with Gasteiger partial charge in [0.1, 0.15) is 17.3 Å². The normalized spacial score (nSPS) is 10.3. The molecule has 0 bridgehead atoms. The first-order chi connectivity index (χ1) is 9.52. The predicted octanol–water partition coefficient (Wildman–Crippen LogP) is 0.646. The van der Waals surface area contributed by atoms with Crippen LogP contribution in [0.4, 0.5) is 5.82 Å². The number of carbonyl (C=O) groups excluding carboxylic acids is 1. The molecule has 7 heteroatoms. The third-order valence-electron chi connectivity index (χ3n) is 2.95. The Kier molecular flexibility index (Phi) is 3.79. The summed E-state index contributed by atoms with van der Waals surface area (Å²) in [6.07, 6.45) is 1.58. The lowest BCUT2D eigenvalue weighted by Crippen LogP contribution is -2.23. The van der Waals surface area contributed by atoms with Gasteiger partial charge in [0.05, 0.1) is 18.9 Å². The van der Waals surface area contributed by atoms with E-state index in [2.05, 4.69) is 10.4 Å². The summed E-state index contributed by atoms with van der Waals surface area (Å²) in [5, 5.41) is 16.4. The molecule has 1 heterocycles. The molecule has 1 aromatic heterocycles. The van der Waals surface area contributed by atoms with Crippen molar-refractivity contribution in [3.63, 3.8) is 0 Å². The molecule has 0 aliphatic carbocycles. The van der Waals surface area contributed by atoms with Crippen molar-refractivity contribution in [3.05, 3.63) is 35.5 Å². The van der Waals surface area contributed by atoms with Crippen LogP contribution in [0.3, 0.4) is 0 Å². The maximum atomic E-state index is 12.0. The Morgan fingerprint density at radius 3 is 2.90 bits per heavy atom. The van der Waals surface area contributed by atoms with E-state index in [1.807, 2.05) is 0 Å². The molecule has 0 atom stereocenters. The van der Waals surface area contributed by atoms with Crippen molar-refractivity contribution in [2.24, 2.45) is 7.05 Å². The van der Waals surface area contributed by atoms with Gasteiger partial charge in [-0.2, -0.15) is 5.10 Å². The van der Waals surface area contributed by atoms with Crippen LogP contribution in [0.25, 0.3) is 0 Å². The van der Waals surface area contributed by atoms with Crippen molar-refractivity contribution in [1.82, 2.24) is 15.1 Å². The van der Waals surface area contributed by atoms with Crippen LogP contribution in [-0.2, 0) is 13.6 Å². The number of aromatic nitrogens is 2. The number of amides is 1. The fourth-order valence-corrected chi connectivity index (χ4v) is 1.72. The van der Waals surface area contributed by atoms with E-state index in [4.69, 9.17) is 10.5 Å². The monoisotopic (exact) mass is 276 g/mol. The lowest BCUT2D eigenvalue weighted by atomic mass is 10.1. The largest absolute Gasteiger partial charge is 0.507 e. The zero-order valence-electron chi connectivity index (χ0n) is 11.3. The van der Waals surface area contributed by atoms with Crippen molar-refractivity contribution in [2.75, 3.05) is 12.8 Å². The Labute approximate surface area is 116 Å². The predicted molar refractivity (Wildman–Crippen MR) is 73.4 cm³/mol. The van der Waals surface area contributed by atoms with Gasteiger partial charge in [-0.3, -0.25) is 9.48 Å². The van der Waals surface area contributed by atoms with Gasteiger partial charge >= 0.3 is 0 Å². The molecule has 0 aliphatic heterocycles. The molecule has 2 rings (SSSR count). The minimum Gasteiger partial charge on any atom is -0.507 e. The summed E-state index contributed by atoms with van der Waals surface area (Å²) < 4.78 is 6.54. The number of nitrogens with zero attached hydrogens (tertiary/aromatic N) is 2. The molecule has 0 aliphatic rings. The lowest BCUT2D eigenvalue weighted by Gasteiger charge is -2.08. The lowest BCUT2D eigenvalue weighted by molar-refractivity contribution is 0.0948.